The van der Waals surface area contributed by atoms with E-state index in [1.165, 1.54) is 0 Å². The summed E-state index contributed by atoms with van der Waals surface area (Å²) in [5.74, 6) is 2.24. The number of benzene rings is 1. The van der Waals surface area contributed by atoms with Crippen molar-refractivity contribution in [2.45, 2.75) is 27.7 Å². The Labute approximate surface area is 126 Å². The van der Waals surface area contributed by atoms with Gasteiger partial charge in [-0.15, -0.1) is 0 Å². The Morgan fingerprint density at radius 3 is 2.57 bits per heavy atom. The van der Waals surface area contributed by atoms with E-state index in [-0.39, 0.29) is 12.5 Å². The third-order valence-corrected chi connectivity index (χ3v) is 4.03. The van der Waals surface area contributed by atoms with Crippen LogP contribution >= 0.6 is 0 Å². The number of carbonyl (C=O) groups excluding carboxylic acids is 1. The standard InChI is InChI=1S/C16H25N3O2/c1-9(2)11(10(3)4)7-18-13-6-14-15(5-12(13)17)21-8-16(20)19-14/h5-6,9-11,18H,7-8,17H2,1-4H3,(H,19,20). The number of nitrogen functional groups attached to an aromatic ring is 1. The predicted molar refractivity (Wildman–Crippen MR) is 86.6 cm³/mol. The van der Waals surface area contributed by atoms with Crippen LogP contribution < -0.4 is 21.1 Å². The van der Waals surface area contributed by atoms with E-state index in [4.69, 9.17) is 10.5 Å². The van der Waals surface area contributed by atoms with E-state index in [1.807, 2.05) is 6.07 Å². The van der Waals surface area contributed by atoms with Crippen molar-refractivity contribution in [2.24, 2.45) is 17.8 Å². The Kier molecular flexibility index (Phi) is 4.60. The third kappa shape index (κ3) is 3.60. The lowest BCUT2D eigenvalue weighted by atomic mass is 9.85. The van der Waals surface area contributed by atoms with E-state index in [9.17, 15) is 4.79 Å². The number of fused-ring (bicyclic) bond motifs is 1. The molecular formula is C16H25N3O2. The quantitative estimate of drug-likeness (QED) is 0.729. The van der Waals surface area contributed by atoms with Crippen LogP contribution in [0.15, 0.2) is 12.1 Å². The van der Waals surface area contributed by atoms with Gasteiger partial charge in [-0.2, -0.15) is 0 Å². The van der Waals surface area contributed by atoms with Gasteiger partial charge in [-0.05, 0) is 23.8 Å². The van der Waals surface area contributed by atoms with E-state index in [0.717, 1.165) is 12.2 Å². The minimum absolute atomic E-state index is 0.0436. The molecule has 1 aromatic rings. The molecule has 0 fully saturated rings. The molecule has 1 aromatic carbocycles. The van der Waals surface area contributed by atoms with Gasteiger partial charge in [-0.3, -0.25) is 4.79 Å². The first-order valence-electron chi connectivity index (χ1n) is 7.48. The SMILES string of the molecule is CC(C)C(CNc1cc2c(cc1N)OCC(=O)N2)C(C)C. The molecule has 0 aromatic heterocycles. The zero-order valence-electron chi connectivity index (χ0n) is 13.2. The molecule has 1 amide bonds. The van der Waals surface area contributed by atoms with Crippen molar-refractivity contribution in [3.05, 3.63) is 12.1 Å². The van der Waals surface area contributed by atoms with Crippen molar-refractivity contribution in [2.75, 3.05) is 29.5 Å². The lowest BCUT2D eigenvalue weighted by Gasteiger charge is -2.26. The number of amides is 1. The van der Waals surface area contributed by atoms with Crippen LogP contribution in [-0.2, 0) is 4.79 Å². The predicted octanol–water partition coefficient (Wildman–Crippen LogP) is 2.94. The number of carbonyl (C=O) groups is 1. The van der Waals surface area contributed by atoms with Crippen LogP contribution in [0.3, 0.4) is 0 Å². The van der Waals surface area contributed by atoms with Crippen LogP contribution in [-0.4, -0.2) is 19.1 Å². The highest BCUT2D eigenvalue weighted by atomic mass is 16.5. The van der Waals surface area contributed by atoms with E-state index in [0.29, 0.717) is 34.9 Å². The smallest absolute Gasteiger partial charge is 0.262 e. The van der Waals surface area contributed by atoms with Gasteiger partial charge in [0, 0.05) is 12.6 Å². The normalized spacial score (nSPS) is 14.1. The molecular weight excluding hydrogens is 266 g/mol. The first kappa shape index (κ1) is 15.5. The number of hydrogen-bond donors (Lipinski definition) is 3. The molecule has 1 aliphatic heterocycles. The first-order valence-corrected chi connectivity index (χ1v) is 7.48. The zero-order chi connectivity index (χ0) is 15.6. The average molecular weight is 291 g/mol. The van der Waals surface area contributed by atoms with E-state index >= 15 is 0 Å². The van der Waals surface area contributed by atoms with Gasteiger partial charge < -0.3 is 21.1 Å². The highest BCUT2D eigenvalue weighted by molar-refractivity contribution is 5.97. The van der Waals surface area contributed by atoms with Gasteiger partial charge in [0.05, 0.1) is 17.1 Å². The number of ether oxygens (including phenoxy) is 1. The summed E-state index contributed by atoms with van der Waals surface area (Å²) >= 11 is 0. The van der Waals surface area contributed by atoms with E-state index < -0.39 is 0 Å². The minimum atomic E-state index is -0.138. The van der Waals surface area contributed by atoms with Crippen LogP contribution in [0.25, 0.3) is 0 Å². The number of nitrogens with one attached hydrogen (secondary N) is 2. The number of hydrogen-bond acceptors (Lipinski definition) is 4. The van der Waals surface area contributed by atoms with Crippen LogP contribution in [0.5, 0.6) is 5.75 Å². The largest absolute Gasteiger partial charge is 0.482 e. The molecule has 0 unspecified atom stereocenters. The van der Waals surface area contributed by atoms with Gasteiger partial charge >= 0.3 is 0 Å². The fourth-order valence-electron chi connectivity index (χ4n) is 2.76. The Morgan fingerprint density at radius 1 is 1.29 bits per heavy atom. The van der Waals surface area contributed by atoms with Gasteiger partial charge in [-0.1, -0.05) is 27.7 Å². The minimum Gasteiger partial charge on any atom is -0.482 e. The van der Waals surface area contributed by atoms with Crippen LogP contribution in [0.2, 0.25) is 0 Å². The maximum absolute atomic E-state index is 11.4. The summed E-state index contributed by atoms with van der Waals surface area (Å²) in [6, 6.07) is 3.61. The summed E-state index contributed by atoms with van der Waals surface area (Å²) in [7, 11) is 0. The first-order chi connectivity index (χ1) is 9.88. The summed E-state index contributed by atoms with van der Waals surface area (Å²) in [6.07, 6.45) is 0. The molecule has 0 spiro atoms. The molecule has 0 saturated carbocycles. The van der Waals surface area contributed by atoms with Crippen molar-refractivity contribution in [1.82, 2.24) is 0 Å². The van der Waals surface area contributed by atoms with Gasteiger partial charge in [-0.25, -0.2) is 0 Å². The van der Waals surface area contributed by atoms with Gasteiger partial charge in [0.1, 0.15) is 5.75 Å². The summed E-state index contributed by atoms with van der Waals surface area (Å²) in [4.78, 5) is 11.4. The number of anilines is 3. The second kappa shape index (κ2) is 6.24. The molecule has 21 heavy (non-hydrogen) atoms. The van der Waals surface area contributed by atoms with Gasteiger partial charge in [0.25, 0.3) is 5.91 Å². The molecule has 5 heteroatoms. The topological polar surface area (TPSA) is 76.4 Å². The Balaban J connectivity index is 2.13. The maximum atomic E-state index is 11.4. The molecule has 0 atom stereocenters. The van der Waals surface area contributed by atoms with E-state index in [1.54, 1.807) is 6.07 Å². The van der Waals surface area contributed by atoms with E-state index in [2.05, 4.69) is 38.3 Å². The zero-order valence-corrected chi connectivity index (χ0v) is 13.2. The van der Waals surface area contributed by atoms with Crippen LogP contribution in [0, 0.1) is 17.8 Å². The number of nitrogens with two attached hydrogens (primary N) is 1. The molecule has 116 valence electrons. The third-order valence-electron chi connectivity index (χ3n) is 4.03. The van der Waals surface area contributed by atoms with Crippen LogP contribution in [0.1, 0.15) is 27.7 Å². The fraction of sp³-hybridized carbons (Fsp3) is 0.562. The molecule has 1 heterocycles. The monoisotopic (exact) mass is 291 g/mol. The van der Waals surface area contributed by atoms with Crippen molar-refractivity contribution in [3.63, 3.8) is 0 Å². The van der Waals surface area contributed by atoms with Crippen molar-refractivity contribution in [3.8, 4) is 5.75 Å². The number of rotatable bonds is 5. The molecule has 0 bridgehead atoms. The lowest BCUT2D eigenvalue weighted by Crippen LogP contribution is -2.26. The van der Waals surface area contributed by atoms with Gasteiger partial charge in [0.2, 0.25) is 0 Å². The molecule has 4 N–H and O–H groups in total. The highest BCUT2D eigenvalue weighted by Crippen LogP contribution is 2.35. The summed E-state index contributed by atoms with van der Waals surface area (Å²) in [5, 5.41) is 6.21. The molecule has 5 nitrogen and oxygen atoms in total. The Bertz CT molecular complexity index is 518. The molecule has 1 aliphatic rings. The average Bonchev–Trinajstić information content (AvgIpc) is 2.39. The summed E-state index contributed by atoms with van der Waals surface area (Å²) in [6.45, 7) is 9.83. The highest BCUT2D eigenvalue weighted by Gasteiger charge is 2.20. The molecule has 2 rings (SSSR count). The van der Waals surface area contributed by atoms with Crippen molar-refractivity contribution < 1.29 is 9.53 Å². The molecule has 0 saturated heterocycles. The Hall–Kier alpha value is -1.91. The van der Waals surface area contributed by atoms with Crippen molar-refractivity contribution >= 4 is 23.0 Å². The second-order valence-electron chi connectivity index (χ2n) is 6.31. The maximum Gasteiger partial charge on any atom is 0.262 e. The molecule has 0 radical (unpaired) electrons. The fourth-order valence-corrected chi connectivity index (χ4v) is 2.76. The summed E-state index contributed by atoms with van der Waals surface area (Å²) in [5.41, 5.74) is 8.21. The second-order valence-corrected chi connectivity index (χ2v) is 6.31. The lowest BCUT2D eigenvalue weighted by molar-refractivity contribution is -0.118. The van der Waals surface area contributed by atoms with Gasteiger partial charge in [0.15, 0.2) is 6.61 Å². The Morgan fingerprint density at radius 2 is 1.95 bits per heavy atom. The van der Waals surface area contributed by atoms with Crippen LogP contribution in [0.4, 0.5) is 17.1 Å². The molecule has 0 aliphatic carbocycles. The summed E-state index contributed by atoms with van der Waals surface area (Å²) < 4.78 is 5.35. The van der Waals surface area contributed by atoms with Crippen molar-refractivity contribution in [1.29, 1.82) is 0 Å².